The van der Waals surface area contributed by atoms with Gasteiger partial charge in [-0.25, -0.2) is 17.8 Å². The van der Waals surface area contributed by atoms with Gasteiger partial charge in [-0.1, -0.05) is 0 Å². The number of hydrogen-bond acceptors (Lipinski definition) is 6. The van der Waals surface area contributed by atoms with Gasteiger partial charge in [-0.2, -0.15) is 15.2 Å². The Balaban J connectivity index is 2.36. The fourth-order valence-corrected chi connectivity index (χ4v) is 2.46. The molecule has 2 rings (SSSR count). The maximum Gasteiger partial charge on any atom is 0.269 e. The predicted molar refractivity (Wildman–Crippen MR) is 64.1 cm³/mol. The fraction of sp³-hybridized carbons (Fsp3) is 0.375. The Kier molecular flexibility index (Phi) is 2.95. The smallest absolute Gasteiger partial charge is 0.269 e. The molecule has 0 saturated heterocycles. The number of aromatic nitrogens is 5. The Hall–Kier alpha value is -2.10. The summed E-state index contributed by atoms with van der Waals surface area (Å²) < 4.78 is 29.2. The number of nitrogens with one attached hydrogen (secondary N) is 1. The normalized spacial score (nSPS) is 11.7. The Morgan fingerprint density at radius 1 is 1.50 bits per heavy atom. The lowest BCUT2D eigenvalue weighted by Crippen LogP contribution is -2.16. The number of anilines is 2. The molecule has 0 atom stereocenters. The molecule has 0 amide bonds. The fourth-order valence-electron chi connectivity index (χ4n) is 1.35. The molecule has 0 bridgehead atoms. The van der Waals surface area contributed by atoms with Gasteiger partial charge in [0, 0.05) is 19.8 Å². The van der Waals surface area contributed by atoms with Crippen molar-refractivity contribution >= 4 is 21.8 Å². The summed E-state index contributed by atoms with van der Waals surface area (Å²) in [7, 11) is -2.23. The quantitative estimate of drug-likeness (QED) is 0.767. The molecule has 2 aromatic heterocycles. The molecule has 0 aliphatic carbocycles. The van der Waals surface area contributed by atoms with E-state index < -0.39 is 10.0 Å². The zero-order valence-electron chi connectivity index (χ0n) is 9.90. The maximum absolute atomic E-state index is 12.1. The molecule has 2 heterocycles. The maximum atomic E-state index is 12.1. The second-order valence-corrected chi connectivity index (χ2v) is 5.20. The van der Waals surface area contributed by atoms with Gasteiger partial charge in [0.1, 0.15) is 11.2 Å². The molecule has 0 fully saturated rings. The van der Waals surface area contributed by atoms with Gasteiger partial charge in [0.05, 0.1) is 0 Å². The SMILES string of the molecule is CCn1cc(S(=O)(=O)Nc2ncnn2C)c(N)n1. The summed E-state index contributed by atoms with van der Waals surface area (Å²) in [5.74, 6) is 0.0603. The van der Waals surface area contributed by atoms with Crippen LogP contribution in [0.15, 0.2) is 17.4 Å². The summed E-state index contributed by atoms with van der Waals surface area (Å²) in [5.41, 5.74) is 5.58. The van der Waals surface area contributed by atoms with Crippen molar-refractivity contribution in [3.63, 3.8) is 0 Å². The highest BCUT2D eigenvalue weighted by molar-refractivity contribution is 7.92. The van der Waals surface area contributed by atoms with Crippen molar-refractivity contribution < 1.29 is 8.42 Å². The monoisotopic (exact) mass is 271 g/mol. The van der Waals surface area contributed by atoms with Crippen LogP contribution in [0, 0.1) is 0 Å². The van der Waals surface area contributed by atoms with Crippen molar-refractivity contribution in [3.05, 3.63) is 12.5 Å². The third-order valence-electron chi connectivity index (χ3n) is 2.31. The lowest BCUT2D eigenvalue weighted by molar-refractivity contribution is 0.599. The van der Waals surface area contributed by atoms with Crippen molar-refractivity contribution in [1.29, 1.82) is 0 Å². The second kappa shape index (κ2) is 4.29. The minimum atomic E-state index is -3.81. The van der Waals surface area contributed by atoms with Gasteiger partial charge in [-0.05, 0) is 6.92 Å². The number of sulfonamides is 1. The van der Waals surface area contributed by atoms with Crippen LogP contribution < -0.4 is 10.5 Å². The molecule has 0 aromatic carbocycles. The minimum absolute atomic E-state index is 0.0495. The van der Waals surface area contributed by atoms with E-state index in [2.05, 4.69) is 19.9 Å². The Morgan fingerprint density at radius 2 is 2.22 bits per heavy atom. The predicted octanol–water partition coefficient (Wildman–Crippen LogP) is -0.585. The molecule has 10 heteroatoms. The van der Waals surface area contributed by atoms with E-state index in [-0.39, 0.29) is 16.7 Å². The highest BCUT2D eigenvalue weighted by atomic mass is 32.2. The van der Waals surface area contributed by atoms with E-state index in [1.54, 1.807) is 7.05 Å². The first-order valence-corrected chi connectivity index (χ1v) is 6.62. The number of aryl methyl sites for hydroxylation is 2. The van der Waals surface area contributed by atoms with Crippen molar-refractivity contribution in [2.75, 3.05) is 10.5 Å². The summed E-state index contributed by atoms with van der Waals surface area (Å²) in [6.07, 6.45) is 2.62. The van der Waals surface area contributed by atoms with Gasteiger partial charge in [-0.3, -0.25) is 4.68 Å². The molecule has 2 aromatic rings. The summed E-state index contributed by atoms with van der Waals surface area (Å²) in [4.78, 5) is 3.70. The molecular weight excluding hydrogens is 258 g/mol. The summed E-state index contributed by atoms with van der Waals surface area (Å²) in [6.45, 7) is 2.36. The average molecular weight is 271 g/mol. The molecule has 0 unspecified atom stereocenters. The standard InChI is InChI=1S/C8H13N7O2S/c1-3-15-4-6(7(9)12-15)18(16,17)13-8-10-5-11-14(8)2/h4-5H,3H2,1-2H3,(H2,9,12)(H,10,11,13). The van der Waals surface area contributed by atoms with E-state index >= 15 is 0 Å². The largest absolute Gasteiger partial charge is 0.381 e. The van der Waals surface area contributed by atoms with Gasteiger partial charge >= 0.3 is 0 Å². The third-order valence-corrected chi connectivity index (χ3v) is 3.65. The van der Waals surface area contributed by atoms with Crippen molar-refractivity contribution in [2.45, 2.75) is 18.4 Å². The van der Waals surface area contributed by atoms with Crippen LogP contribution in [0.4, 0.5) is 11.8 Å². The lowest BCUT2D eigenvalue weighted by Gasteiger charge is -2.04. The van der Waals surface area contributed by atoms with E-state index in [0.717, 1.165) is 0 Å². The number of nitrogens with zero attached hydrogens (tertiary/aromatic N) is 5. The van der Waals surface area contributed by atoms with Crippen molar-refractivity contribution in [2.24, 2.45) is 7.05 Å². The average Bonchev–Trinajstić information content (AvgIpc) is 2.86. The number of rotatable bonds is 4. The second-order valence-electron chi connectivity index (χ2n) is 3.55. The molecule has 0 aliphatic heterocycles. The summed E-state index contributed by atoms with van der Waals surface area (Å²) >= 11 is 0. The van der Waals surface area contributed by atoms with Crippen LogP contribution >= 0.6 is 0 Å². The topological polar surface area (TPSA) is 121 Å². The molecule has 3 N–H and O–H groups in total. The Bertz CT molecular complexity index is 657. The van der Waals surface area contributed by atoms with Crippen LogP contribution in [-0.4, -0.2) is 33.0 Å². The molecule has 98 valence electrons. The molecular formula is C8H13N7O2S. The first kappa shape index (κ1) is 12.4. The molecule has 9 nitrogen and oxygen atoms in total. The van der Waals surface area contributed by atoms with Crippen LogP contribution in [0.5, 0.6) is 0 Å². The van der Waals surface area contributed by atoms with Crippen LogP contribution in [0.1, 0.15) is 6.92 Å². The first-order chi connectivity index (χ1) is 8.44. The molecule has 0 aliphatic rings. The van der Waals surface area contributed by atoms with Gasteiger partial charge in [0.2, 0.25) is 5.95 Å². The molecule has 0 saturated carbocycles. The first-order valence-electron chi connectivity index (χ1n) is 5.13. The van der Waals surface area contributed by atoms with E-state index in [1.165, 1.54) is 21.9 Å². The zero-order valence-corrected chi connectivity index (χ0v) is 10.7. The van der Waals surface area contributed by atoms with Crippen LogP contribution in [0.25, 0.3) is 0 Å². The Labute approximate surface area is 104 Å². The Morgan fingerprint density at radius 3 is 2.72 bits per heavy atom. The van der Waals surface area contributed by atoms with Gasteiger partial charge < -0.3 is 5.73 Å². The highest BCUT2D eigenvalue weighted by Gasteiger charge is 2.22. The highest BCUT2D eigenvalue weighted by Crippen LogP contribution is 2.18. The molecule has 0 radical (unpaired) electrons. The number of nitrogens with two attached hydrogens (primary N) is 1. The van der Waals surface area contributed by atoms with Crippen LogP contribution in [0.2, 0.25) is 0 Å². The minimum Gasteiger partial charge on any atom is -0.381 e. The lowest BCUT2D eigenvalue weighted by atomic mass is 10.6. The third kappa shape index (κ3) is 2.14. The van der Waals surface area contributed by atoms with Crippen LogP contribution in [0.3, 0.4) is 0 Å². The molecule has 18 heavy (non-hydrogen) atoms. The summed E-state index contributed by atoms with van der Waals surface area (Å²) in [5, 5.41) is 7.64. The number of nitrogen functional groups attached to an aromatic ring is 1. The van der Waals surface area contributed by atoms with E-state index in [0.29, 0.717) is 6.54 Å². The van der Waals surface area contributed by atoms with E-state index in [1.807, 2.05) is 6.92 Å². The molecule has 0 spiro atoms. The van der Waals surface area contributed by atoms with Gasteiger partial charge in [0.25, 0.3) is 10.0 Å². The van der Waals surface area contributed by atoms with Crippen LogP contribution in [-0.2, 0) is 23.6 Å². The van der Waals surface area contributed by atoms with Crippen molar-refractivity contribution in [3.8, 4) is 0 Å². The van der Waals surface area contributed by atoms with Gasteiger partial charge in [-0.15, -0.1) is 0 Å². The summed E-state index contributed by atoms with van der Waals surface area (Å²) in [6, 6.07) is 0. The van der Waals surface area contributed by atoms with E-state index in [4.69, 9.17) is 5.73 Å². The zero-order chi connectivity index (χ0) is 13.3. The van der Waals surface area contributed by atoms with Crippen molar-refractivity contribution in [1.82, 2.24) is 24.5 Å². The van der Waals surface area contributed by atoms with Gasteiger partial charge in [0.15, 0.2) is 5.82 Å². The number of hydrogen-bond donors (Lipinski definition) is 2. The van der Waals surface area contributed by atoms with E-state index in [9.17, 15) is 8.42 Å².